The van der Waals surface area contributed by atoms with E-state index in [0.717, 1.165) is 5.56 Å². The van der Waals surface area contributed by atoms with Crippen LogP contribution in [0.4, 0.5) is 0 Å². The van der Waals surface area contributed by atoms with Crippen molar-refractivity contribution in [1.82, 2.24) is 5.32 Å². The van der Waals surface area contributed by atoms with Gasteiger partial charge in [0.2, 0.25) is 5.91 Å². The number of carbonyl (C=O) groups excluding carboxylic acids is 1. The van der Waals surface area contributed by atoms with Crippen LogP contribution in [0.25, 0.3) is 0 Å². The molecule has 0 aliphatic rings. The van der Waals surface area contributed by atoms with Gasteiger partial charge in [0, 0.05) is 17.6 Å². The zero-order chi connectivity index (χ0) is 12.8. The summed E-state index contributed by atoms with van der Waals surface area (Å²) in [4.78, 5) is 11.6. The second kappa shape index (κ2) is 6.59. The van der Waals surface area contributed by atoms with E-state index in [0.29, 0.717) is 5.02 Å². The fourth-order valence-corrected chi connectivity index (χ4v) is 1.48. The number of carbonyl (C=O) groups is 1. The first-order chi connectivity index (χ1) is 8.00. The van der Waals surface area contributed by atoms with Gasteiger partial charge in [0.25, 0.3) is 0 Å². The lowest BCUT2D eigenvalue weighted by Crippen LogP contribution is -2.44. The molecule has 0 spiro atoms. The minimum atomic E-state index is -0.643. The summed E-state index contributed by atoms with van der Waals surface area (Å²) in [5, 5.41) is 12.4. The maximum Gasteiger partial charge on any atom is 0.224 e. The molecule has 1 amide bonds. The Balaban J connectivity index is 2.43. The molecule has 0 heterocycles. The van der Waals surface area contributed by atoms with Crippen LogP contribution >= 0.6 is 11.6 Å². The highest BCUT2D eigenvalue weighted by molar-refractivity contribution is 6.31. The Hall–Kier alpha value is -1.10. The number of rotatable bonds is 5. The molecule has 0 aromatic heterocycles. The predicted molar refractivity (Wildman–Crippen MR) is 67.8 cm³/mol. The average Bonchev–Trinajstić information content (AvgIpc) is 2.29. The van der Waals surface area contributed by atoms with Crippen LogP contribution in [-0.2, 0) is 11.2 Å². The molecule has 1 rings (SSSR count). The molecule has 0 bridgehead atoms. The van der Waals surface area contributed by atoms with Crippen molar-refractivity contribution in [2.45, 2.75) is 25.5 Å². The van der Waals surface area contributed by atoms with E-state index in [1.807, 2.05) is 12.1 Å². The molecule has 17 heavy (non-hydrogen) atoms. The second-order valence-electron chi connectivity index (χ2n) is 3.98. The SMILES string of the molecule is CC(O)C(N)CNC(=O)Cc1ccccc1Cl. The Labute approximate surface area is 106 Å². The first-order valence-corrected chi connectivity index (χ1v) is 5.82. The summed E-state index contributed by atoms with van der Waals surface area (Å²) in [5.74, 6) is -0.158. The number of nitrogens with one attached hydrogen (secondary N) is 1. The number of hydrogen-bond acceptors (Lipinski definition) is 3. The van der Waals surface area contributed by atoms with Crippen molar-refractivity contribution in [2.75, 3.05) is 6.54 Å². The van der Waals surface area contributed by atoms with E-state index >= 15 is 0 Å². The molecule has 4 nitrogen and oxygen atoms in total. The van der Waals surface area contributed by atoms with Crippen LogP contribution < -0.4 is 11.1 Å². The van der Waals surface area contributed by atoms with Crippen LogP contribution in [-0.4, -0.2) is 29.7 Å². The number of halogens is 1. The van der Waals surface area contributed by atoms with E-state index in [1.165, 1.54) is 0 Å². The van der Waals surface area contributed by atoms with Gasteiger partial charge in [-0.2, -0.15) is 0 Å². The largest absolute Gasteiger partial charge is 0.392 e. The molecule has 2 atom stereocenters. The van der Waals surface area contributed by atoms with Gasteiger partial charge in [-0.25, -0.2) is 0 Å². The number of nitrogens with two attached hydrogens (primary N) is 1. The highest BCUT2D eigenvalue weighted by Crippen LogP contribution is 2.15. The van der Waals surface area contributed by atoms with Crippen LogP contribution in [0.3, 0.4) is 0 Å². The quantitative estimate of drug-likeness (QED) is 0.726. The normalized spacial score (nSPS) is 14.1. The van der Waals surface area contributed by atoms with Crippen LogP contribution in [0.1, 0.15) is 12.5 Å². The van der Waals surface area contributed by atoms with Gasteiger partial charge in [-0.3, -0.25) is 4.79 Å². The molecule has 0 aliphatic heterocycles. The molecule has 94 valence electrons. The van der Waals surface area contributed by atoms with Crippen molar-refractivity contribution in [3.05, 3.63) is 34.9 Å². The van der Waals surface area contributed by atoms with E-state index in [2.05, 4.69) is 5.32 Å². The molecule has 0 saturated carbocycles. The smallest absolute Gasteiger partial charge is 0.224 e. The van der Waals surface area contributed by atoms with Crippen LogP contribution in [0.5, 0.6) is 0 Å². The summed E-state index contributed by atoms with van der Waals surface area (Å²) >= 11 is 5.94. The molecule has 1 aromatic carbocycles. The Kier molecular flexibility index (Phi) is 5.41. The number of amides is 1. The fraction of sp³-hybridized carbons (Fsp3) is 0.417. The van der Waals surface area contributed by atoms with Crippen molar-refractivity contribution in [2.24, 2.45) is 5.73 Å². The summed E-state index contributed by atoms with van der Waals surface area (Å²) in [6, 6.07) is 6.73. The van der Waals surface area contributed by atoms with Crippen LogP contribution in [0, 0.1) is 0 Å². The van der Waals surface area contributed by atoms with Gasteiger partial charge in [-0.1, -0.05) is 29.8 Å². The number of aliphatic hydroxyl groups is 1. The van der Waals surface area contributed by atoms with Gasteiger partial charge in [0.05, 0.1) is 12.5 Å². The van der Waals surface area contributed by atoms with E-state index in [-0.39, 0.29) is 18.9 Å². The van der Waals surface area contributed by atoms with Crippen molar-refractivity contribution in [3.8, 4) is 0 Å². The summed E-state index contributed by atoms with van der Waals surface area (Å²) in [7, 11) is 0. The third kappa shape index (κ3) is 4.73. The zero-order valence-electron chi connectivity index (χ0n) is 9.69. The molecule has 2 unspecified atom stereocenters. The lowest BCUT2D eigenvalue weighted by molar-refractivity contribution is -0.120. The molecule has 4 N–H and O–H groups in total. The monoisotopic (exact) mass is 256 g/mol. The molecular formula is C12H17ClN2O2. The summed E-state index contributed by atoms with van der Waals surface area (Å²) in [6.07, 6.45) is -0.428. The highest BCUT2D eigenvalue weighted by Gasteiger charge is 2.11. The van der Waals surface area contributed by atoms with E-state index in [9.17, 15) is 9.90 Å². The van der Waals surface area contributed by atoms with Crippen LogP contribution in [0.15, 0.2) is 24.3 Å². The van der Waals surface area contributed by atoms with Crippen molar-refractivity contribution in [3.63, 3.8) is 0 Å². The van der Waals surface area contributed by atoms with E-state index < -0.39 is 12.1 Å². The topological polar surface area (TPSA) is 75.3 Å². The van der Waals surface area contributed by atoms with Gasteiger partial charge < -0.3 is 16.2 Å². The molecule has 0 aliphatic carbocycles. The summed E-state index contributed by atoms with van der Waals surface area (Å²) in [6.45, 7) is 1.84. The molecule has 0 saturated heterocycles. The van der Waals surface area contributed by atoms with E-state index in [1.54, 1.807) is 19.1 Å². The Morgan fingerprint density at radius 3 is 2.76 bits per heavy atom. The minimum Gasteiger partial charge on any atom is -0.392 e. The third-order valence-corrected chi connectivity index (χ3v) is 2.83. The molecule has 0 fully saturated rings. The van der Waals surface area contributed by atoms with Crippen molar-refractivity contribution in [1.29, 1.82) is 0 Å². The molecule has 0 radical (unpaired) electrons. The predicted octanol–water partition coefficient (Wildman–Crippen LogP) is 0.707. The number of aliphatic hydroxyl groups excluding tert-OH is 1. The maximum atomic E-state index is 11.6. The standard InChI is InChI=1S/C12H17ClN2O2/c1-8(16)11(14)7-15-12(17)6-9-4-2-3-5-10(9)13/h2-5,8,11,16H,6-7,14H2,1H3,(H,15,17). The van der Waals surface area contributed by atoms with Crippen molar-refractivity contribution >= 4 is 17.5 Å². The molecule has 5 heteroatoms. The Bertz CT molecular complexity index is 383. The number of benzene rings is 1. The fourth-order valence-electron chi connectivity index (χ4n) is 1.28. The number of hydrogen-bond donors (Lipinski definition) is 3. The highest BCUT2D eigenvalue weighted by atomic mass is 35.5. The van der Waals surface area contributed by atoms with Crippen molar-refractivity contribution < 1.29 is 9.90 Å². The third-order valence-electron chi connectivity index (χ3n) is 2.46. The second-order valence-corrected chi connectivity index (χ2v) is 4.38. The van der Waals surface area contributed by atoms with Gasteiger partial charge >= 0.3 is 0 Å². The summed E-state index contributed by atoms with van der Waals surface area (Å²) in [5.41, 5.74) is 6.37. The molecule has 1 aromatic rings. The Morgan fingerprint density at radius 1 is 1.53 bits per heavy atom. The maximum absolute atomic E-state index is 11.6. The lowest BCUT2D eigenvalue weighted by Gasteiger charge is -2.15. The Morgan fingerprint density at radius 2 is 2.18 bits per heavy atom. The molecular weight excluding hydrogens is 240 g/mol. The van der Waals surface area contributed by atoms with Gasteiger partial charge in [-0.05, 0) is 18.6 Å². The summed E-state index contributed by atoms with van der Waals surface area (Å²) < 4.78 is 0. The van der Waals surface area contributed by atoms with Gasteiger partial charge in [0.15, 0.2) is 0 Å². The first kappa shape index (κ1) is 14.0. The average molecular weight is 257 g/mol. The van der Waals surface area contributed by atoms with Gasteiger partial charge in [0.1, 0.15) is 0 Å². The lowest BCUT2D eigenvalue weighted by atomic mass is 10.1. The van der Waals surface area contributed by atoms with E-state index in [4.69, 9.17) is 17.3 Å². The van der Waals surface area contributed by atoms with Crippen LogP contribution in [0.2, 0.25) is 5.02 Å². The van der Waals surface area contributed by atoms with Gasteiger partial charge in [-0.15, -0.1) is 0 Å². The first-order valence-electron chi connectivity index (χ1n) is 5.44. The minimum absolute atomic E-state index is 0.158. The zero-order valence-corrected chi connectivity index (χ0v) is 10.4.